The van der Waals surface area contributed by atoms with Gasteiger partial charge in [0.1, 0.15) is 5.15 Å². The van der Waals surface area contributed by atoms with Crippen LogP contribution in [0.4, 0.5) is 5.69 Å². The number of halogens is 2. The molecule has 0 aliphatic carbocycles. The maximum absolute atomic E-state index is 11.6. The van der Waals surface area contributed by atoms with Crippen molar-refractivity contribution in [2.24, 2.45) is 0 Å². The van der Waals surface area contributed by atoms with Crippen LogP contribution < -0.4 is 3.71 Å². The highest BCUT2D eigenvalue weighted by atomic mass is 127. The molecule has 102 valence electrons. The van der Waals surface area contributed by atoms with Crippen LogP contribution in [0.15, 0.2) is 6.07 Å². The fraction of sp³-hybridized carbons (Fsp3) is 0.375. The lowest BCUT2D eigenvalue weighted by atomic mass is 10.3. The van der Waals surface area contributed by atoms with E-state index >= 15 is 0 Å². The number of sulfonamides is 2. The van der Waals surface area contributed by atoms with E-state index in [-0.39, 0.29) is 10.8 Å². The Morgan fingerprint density at radius 2 is 1.67 bits per heavy atom. The van der Waals surface area contributed by atoms with E-state index in [2.05, 4.69) is 4.98 Å². The Hall–Kier alpha value is -0.130. The molecule has 18 heavy (non-hydrogen) atoms. The summed E-state index contributed by atoms with van der Waals surface area (Å²) in [6.07, 6.45) is 1.63. The topological polar surface area (TPSA) is 84.4 Å². The van der Waals surface area contributed by atoms with Gasteiger partial charge >= 0.3 is 0 Å². The van der Waals surface area contributed by atoms with E-state index in [1.807, 2.05) is 22.6 Å². The second-order valence-electron chi connectivity index (χ2n) is 3.59. The molecular weight excluding hydrogens is 415 g/mol. The minimum atomic E-state index is -3.98. The number of hydrogen-bond acceptors (Lipinski definition) is 5. The summed E-state index contributed by atoms with van der Waals surface area (Å²) in [5, 5.41) is 0.0280. The Morgan fingerprint density at radius 3 is 2.06 bits per heavy atom. The summed E-state index contributed by atoms with van der Waals surface area (Å²) in [5.74, 6) is 0. The van der Waals surface area contributed by atoms with Gasteiger partial charge in [-0.05, 0) is 29.5 Å². The van der Waals surface area contributed by atoms with Crippen LogP contribution in [0.2, 0.25) is 5.15 Å². The monoisotopic (exact) mass is 424 g/mol. The second kappa shape index (κ2) is 5.10. The fourth-order valence-electron chi connectivity index (χ4n) is 1.34. The highest BCUT2D eigenvalue weighted by molar-refractivity contribution is 14.1. The fourth-order valence-corrected chi connectivity index (χ4v) is 5.38. The van der Waals surface area contributed by atoms with Crippen molar-refractivity contribution in [1.82, 2.24) is 4.98 Å². The first kappa shape index (κ1) is 15.9. The third kappa shape index (κ3) is 3.45. The van der Waals surface area contributed by atoms with Gasteiger partial charge in [0.15, 0.2) is 0 Å². The van der Waals surface area contributed by atoms with E-state index in [0.717, 1.165) is 12.5 Å². The van der Waals surface area contributed by atoms with Gasteiger partial charge in [0, 0.05) is 6.07 Å². The molecular formula is C8H10ClIN2O4S2. The molecule has 0 saturated heterocycles. The summed E-state index contributed by atoms with van der Waals surface area (Å²) in [6.45, 7) is 1.61. The van der Waals surface area contributed by atoms with Gasteiger partial charge in [-0.15, -0.1) is 0 Å². The highest BCUT2D eigenvalue weighted by Crippen LogP contribution is 2.30. The minimum absolute atomic E-state index is 0.0156. The van der Waals surface area contributed by atoms with E-state index < -0.39 is 20.0 Å². The van der Waals surface area contributed by atoms with Crippen molar-refractivity contribution in [2.45, 2.75) is 6.92 Å². The van der Waals surface area contributed by atoms with Crippen LogP contribution in [0, 0.1) is 10.5 Å². The number of nitrogens with zero attached hydrogens (tertiary/aromatic N) is 2. The van der Waals surface area contributed by atoms with Crippen molar-refractivity contribution in [3.05, 3.63) is 20.5 Å². The molecule has 0 bridgehead atoms. The van der Waals surface area contributed by atoms with Crippen molar-refractivity contribution >= 4 is 59.9 Å². The zero-order chi connectivity index (χ0) is 14.3. The number of anilines is 1. The number of hydrogen-bond donors (Lipinski definition) is 0. The van der Waals surface area contributed by atoms with Crippen LogP contribution in [0.3, 0.4) is 0 Å². The molecule has 1 aromatic rings. The van der Waals surface area contributed by atoms with Gasteiger partial charge in [-0.1, -0.05) is 11.6 Å². The first-order valence-corrected chi connectivity index (χ1v) is 9.63. The molecule has 0 saturated carbocycles. The SMILES string of the molecule is Cc1nc(Cl)cc(N(S(C)(=O)=O)S(C)(=O)=O)c1I. The van der Waals surface area contributed by atoms with Crippen molar-refractivity contribution in [2.75, 3.05) is 16.2 Å². The van der Waals surface area contributed by atoms with E-state index in [0.29, 0.717) is 13.0 Å². The van der Waals surface area contributed by atoms with Crippen molar-refractivity contribution in [3.8, 4) is 0 Å². The molecule has 10 heteroatoms. The molecule has 1 rings (SSSR count). The summed E-state index contributed by atoms with van der Waals surface area (Å²) >= 11 is 7.56. The minimum Gasteiger partial charge on any atom is -0.240 e. The summed E-state index contributed by atoms with van der Waals surface area (Å²) in [7, 11) is -7.96. The number of rotatable bonds is 3. The molecule has 0 radical (unpaired) electrons. The smallest absolute Gasteiger partial charge is 0.240 e. The van der Waals surface area contributed by atoms with Gasteiger partial charge in [-0.25, -0.2) is 21.8 Å². The molecule has 0 amide bonds. The van der Waals surface area contributed by atoms with E-state index in [1.54, 1.807) is 6.92 Å². The van der Waals surface area contributed by atoms with Crippen LogP contribution in [0.5, 0.6) is 0 Å². The van der Waals surface area contributed by atoms with Gasteiger partial charge in [0.05, 0.1) is 27.5 Å². The zero-order valence-corrected chi connectivity index (χ0v) is 14.2. The van der Waals surface area contributed by atoms with Crippen molar-refractivity contribution < 1.29 is 16.8 Å². The Bertz CT molecular complexity index is 655. The molecule has 1 heterocycles. The molecule has 0 atom stereocenters. The molecule has 0 aromatic carbocycles. The van der Waals surface area contributed by atoms with Crippen LogP contribution in [-0.2, 0) is 20.0 Å². The number of pyridine rings is 1. The molecule has 0 fully saturated rings. The van der Waals surface area contributed by atoms with Crippen LogP contribution in [0.25, 0.3) is 0 Å². The van der Waals surface area contributed by atoms with Crippen LogP contribution in [0.1, 0.15) is 5.69 Å². The molecule has 6 nitrogen and oxygen atoms in total. The lowest BCUT2D eigenvalue weighted by Crippen LogP contribution is -2.36. The zero-order valence-electron chi connectivity index (χ0n) is 9.68. The average Bonchev–Trinajstić information content (AvgIpc) is 2.08. The molecule has 0 N–H and O–H groups in total. The molecule has 0 spiro atoms. The number of aryl methyl sites for hydroxylation is 1. The second-order valence-corrected chi connectivity index (χ2v) is 8.95. The normalized spacial score (nSPS) is 12.5. The maximum atomic E-state index is 11.6. The summed E-state index contributed by atoms with van der Waals surface area (Å²) < 4.78 is 47.3. The predicted molar refractivity (Wildman–Crippen MR) is 78.9 cm³/mol. The van der Waals surface area contributed by atoms with Gasteiger partial charge in [0.25, 0.3) is 0 Å². The van der Waals surface area contributed by atoms with Gasteiger partial charge < -0.3 is 0 Å². The third-order valence-corrected chi connectivity index (χ3v) is 6.62. The van der Waals surface area contributed by atoms with Gasteiger partial charge in [0.2, 0.25) is 20.0 Å². The summed E-state index contributed by atoms with van der Waals surface area (Å²) in [6, 6.07) is 1.21. The lowest BCUT2D eigenvalue weighted by molar-refractivity contribution is 0.590. The predicted octanol–water partition coefficient (Wildman–Crippen LogP) is 1.37. The maximum Gasteiger partial charge on any atom is 0.245 e. The van der Waals surface area contributed by atoms with E-state index in [9.17, 15) is 16.8 Å². The van der Waals surface area contributed by atoms with E-state index in [4.69, 9.17) is 11.6 Å². The first-order chi connectivity index (χ1) is 7.94. The first-order valence-electron chi connectivity index (χ1n) is 4.47. The summed E-state index contributed by atoms with van der Waals surface area (Å²) in [4.78, 5) is 3.92. The van der Waals surface area contributed by atoms with Crippen molar-refractivity contribution in [1.29, 1.82) is 0 Å². The molecule has 0 aliphatic rings. The van der Waals surface area contributed by atoms with Gasteiger partial charge in [-0.3, -0.25) is 0 Å². The number of aromatic nitrogens is 1. The van der Waals surface area contributed by atoms with Crippen molar-refractivity contribution in [3.63, 3.8) is 0 Å². The van der Waals surface area contributed by atoms with Crippen LogP contribution >= 0.6 is 34.2 Å². The molecule has 1 aromatic heterocycles. The van der Waals surface area contributed by atoms with E-state index in [1.165, 1.54) is 6.07 Å². The Kier molecular flexibility index (Phi) is 4.51. The highest BCUT2D eigenvalue weighted by Gasteiger charge is 2.30. The molecule has 0 aliphatic heterocycles. The average molecular weight is 425 g/mol. The largest absolute Gasteiger partial charge is 0.245 e. The Balaban J connectivity index is 3.71. The summed E-state index contributed by atoms with van der Waals surface area (Å²) in [5.41, 5.74) is 0.438. The lowest BCUT2D eigenvalue weighted by Gasteiger charge is -2.21. The third-order valence-electron chi connectivity index (χ3n) is 1.87. The Morgan fingerprint density at radius 1 is 1.22 bits per heavy atom. The van der Waals surface area contributed by atoms with Gasteiger partial charge in [-0.2, -0.15) is 3.71 Å². The standard InChI is InChI=1S/C8H10ClIN2O4S2/c1-5-8(10)6(4-7(9)11-5)12(17(2,13)14)18(3,15)16/h4H,1-3H3. The quantitative estimate of drug-likeness (QED) is 0.540. The Labute approximate surface area is 125 Å². The molecule has 0 unspecified atom stereocenters. The van der Waals surface area contributed by atoms with Crippen LogP contribution in [-0.4, -0.2) is 34.3 Å².